The number of para-hydroxylation sites is 1. The zero-order chi connectivity index (χ0) is 10.8. The predicted molar refractivity (Wildman–Crippen MR) is 65.5 cm³/mol. The Morgan fingerprint density at radius 3 is 2.80 bits per heavy atom. The Bertz CT molecular complexity index is 340. The van der Waals surface area contributed by atoms with Crippen molar-refractivity contribution >= 4 is 17.3 Å². The molecule has 1 aromatic rings. The van der Waals surface area contributed by atoms with Gasteiger partial charge in [0.2, 0.25) is 0 Å². The van der Waals surface area contributed by atoms with Crippen LogP contribution in [0.2, 0.25) is 5.02 Å². The first kappa shape index (κ1) is 10.8. The molecule has 1 aliphatic rings. The maximum absolute atomic E-state index is 6.19. The van der Waals surface area contributed by atoms with E-state index in [1.165, 1.54) is 0 Å². The first-order valence-corrected chi connectivity index (χ1v) is 5.83. The molecule has 2 atom stereocenters. The minimum Gasteiger partial charge on any atom is -0.368 e. The second-order valence-electron chi connectivity index (χ2n) is 4.28. The van der Waals surface area contributed by atoms with Crippen LogP contribution in [0, 0.1) is 0 Å². The van der Waals surface area contributed by atoms with Gasteiger partial charge in [0, 0.05) is 18.6 Å². The molecule has 15 heavy (non-hydrogen) atoms. The average Bonchev–Trinajstić information content (AvgIpc) is 2.20. The smallest absolute Gasteiger partial charge is 0.0639 e. The number of halogens is 1. The molecule has 2 nitrogen and oxygen atoms in total. The summed E-state index contributed by atoms with van der Waals surface area (Å²) in [7, 11) is 0. The van der Waals surface area contributed by atoms with E-state index in [-0.39, 0.29) is 0 Å². The van der Waals surface area contributed by atoms with Crippen molar-refractivity contribution in [2.24, 2.45) is 5.73 Å². The molecule has 0 radical (unpaired) electrons. The van der Waals surface area contributed by atoms with Crippen molar-refractivity contribution in [3.63, 3.8) is 0 Å². The number of nitrogens with zero attached hydrogens (tertiary/aromatic N) is 1. The van der Waals surface area contributed by atoms with Gasteiger partial charge in [-0.15, -0.1) is 0 Å². The first-order chi connectivity index (χ1) is 7.18. The summed E-state index contributed by atoms with van der Waals surface area (Å²) in [6.45, 7) is 3.22. The summed E-state index contributed by atoms with van der Waals surface area (Å²) in [5.74, 6) is 0. The topological polar surface area (TPSA) is 29.3 Å². The maximum atomic E-state index is 6.19. The SMILES string of the molecule is CC1CC(N)CCN1c1ccccc1Cl. The zero-order valence-electron chi connectivity index (χ0n) is 8.99. The van der Waals surface area contributed by atoms with Crippen molar-refractivity contribution in [1.29, 1.82) is 0 Å². The van der Waals surface area contributed by atoms with E-state index in [1.807, 2.05) is 18.2 Å². The quantitative estimate of drug-likeness (QED) is 0.795. The van der Waals surface area contributed by atoms with Crippen LogP contribution in [0.1, 0.15) is 19.8 Å². The highest BCUT2D eigenvalue weighted by Crippen LogP contribution is 2.30. The zero-order valence-corrected chi connectivity index (χ0v) is 9.74. The highest BCUT2D eigenvalue weighted by Gasteiger charge is 2.24. The van der Waals surface area contributed by atoms with Crippen LogP contribution in [-0.2, 0) is 0 Å². The summed E-state index contributed by atoms with van der Waals surface area (Å²) in [6.07, 6.45) is 2.10. The molecule has 2 rings (SSSR count). The standard InChI is InChI=1S/C12H17ClN2/c1-9-8-10(14)6-7-15(9)12-5-3-2-4-11(12)13/h2-5,9-10H,6-8,14H2,1H3. The lowest BCUT2D eigenvalue weighted by molar-refractivity contribution is 0.430. The van der Waals surface area contributed by atoms with Gasteiger partial charge in [0.15, 0.2) is 0 Å². The van der Waals surface area contributed by atoms with Crippen molar-refractivity contribution in [3.8, 4) is 0 Å². The number of hydrogen-bond acceptors (Lipinski definition) is 2. The molecule has 0 saturated carbocycles. The molecule has 0 amide bonds. The van der Waals surface area contributed by atoms with Crippen molar-refractivity contribution in [1.82, 2.24) is 0 Å². The third-order valence-corrected chi connectivity index (χ3v) is 3.40. The van der Waals surface area contributed by atoms with Gasteiger partial charge in [-0.2, -0.15) is 0 Å². The number of benzene rings is 1. The van der Waals surface area contributed by atoms with E-state index >= 15 is 0 Å². The Hall–Kier alpha value is -0.730. The summed E-state index contributed by atoms with van der Waals surface area (Å²) in [5, 5.41) is 0.833. The summed E-state index contributed by atoms with van der Waals surface area (Å²) >= 11 is 6.19. The molecule has 1 fully saturated rings. The monoisotopic (exact) mass is 224 g/mol. The van der Waals surface area contributed by atoms with Crippen LogP contribution in [0.5, 0.6) is 0 Å². The van der Waals surface area contributed by atoms with Gasteiger partial charge in [-0.1, -0.05) is 23.7 Å². The lowest BCUT2D eigenvalue weighted by atomic mass is 9.98. The Morgan fingerprint density at radius 2 is 2.13 bits per heavy atom. The fourth-order valence-corrected chi connectivity index (χ4v) is 2.50. The molecule has 1 aromatic carbocycles. The van der Waals surface area contributed by atoms with Crippen LogP contribution >= 0.6 is 11.6 Å². The average molecular weight is 225 g/mol. The molecule has 0 bridgehead atoms. The first-order valence-electron chi connectivity index (χ1n) is 5.45. The van der Waals surface area contributed by atoms with Crippen LogP contribution in [0.25, 0.3) is 0 Å². The van der Waals surface area contributed by atoms with E-state index in [0.717, 1.165) is 30.1 Å². The van der Waals surface area contributed by atoms with Gasteiger partial charge in [0.05, 0.1) is 10.7 Å². The molecule has 0 aromatic heterocycles. The van der Waals surface area contributed by atoms with Crippen LogP contribution in [-0.4, -0.2) is 18.6 Å². The fraction of sp³-hybridized carbons (Fsp3) is 0.500. The van der Waals surface area contributed by atoms with Crippen molar-refractivity contribution in [2.45, 2.75) is 31.8 Å². The molecule has 0 spiro atoms. The van der Waals surface area contributed by atoms with Gasteiger partial charge < -0.3 is 10.6 Å². The van der Waals surface area contributed by atoms with Gasteiger partial charge in [-0.3, -0.25) is 0 Å². The van der Waals surface area contributed by atoms with Crippen LogP contribution in [0.3, 0.4) is 0 Å². The Balaban J connectivity index is 2.20. The summed E-state index contributed by atoms with van der Waals surface area (Å²) in [4.78, 5) is 2.35. The fourth-order valence-electron chi connectivity index (χ4n) is 2.25. The van der Waals surface area contributed by atoms with Crippen LogP contribution < -0.4 is 10.6 Å². The van der Waals surface area contributed by atoms with Crippen LogP contribution in [0.15, 0.2) is 24.3 Å². The number of piperidine rings is 1. The van der Waals surface area contributed by atoms with Crippen molar-refractivity contribution < 1.29 is 0 Å². The number of hydrogen-bond donors (Lipinski definition) is 1. The van der Waals surface area contributed by atoms with Gasteiger partial charge >= 0.3 is 0 Å². The van der Waals surface area contributed by atoms with Crippen molar-refractivity contribution in [3.05, 3.63) is 29.3 Å². The van der Waals surface area contributed by atoms with Gasteiger partial charge in [-0.25, -0.2) is 0 Å². The summed E-state index contributed by atoms with van der Waals surface area (Å²) < 4.78 is 0. The molecule has 1 aliphatic heterocycles. The molecule has 82 valence electrons. The molecule has 1 saturated heterocycles. The lowest BCUT2D eigenvalue weighted by Crippen LogP contribution is -2.45. The van der Waals surface area contributed by atoms with Gasteiger partial charge in [-0.05, 0) is 31.9 Å². The third kappa shape index (κ3) is 2.27. The largest absolute Gasteiger partial charge is 0.368 e. The number of rotatable bonds is 1. The van der Waals surface area contributed by atoms with Crippen molar-refractivity contribution in [2.75, 3.05) is 11.4 Å². The van der Waals surface area contributed by atoms with Gasteiger partial charge in [0.1, 0.15) is 0 Å². The van der Waals surface area contributed by atoms with E-state index < -0.39 is 0 Å². The summed E-state index contributed by atoms with van der Waals surface area (Å²) in [6, 6.07) is 8.84. The third-order valence-electron chi connectivity index (χ3n) is 3.08. The molecule has 3 heteroatoms. The lowest BCUT2D eigenvalue weighted by Gasteiger charge is -2.38. The highest BCUT2D eigenvalue weighted by atomic mass is 35.5. The maximum Gasteiger partial charge on any atom is 0.0639 e. The number of anilines is 1. The minimum absolute atomic E-state index is 0.346. The molecule has 2 N–H and O–H groups in total. The molecule has 1 heterocycles. The van der Waals surface area contributed by atoms with E-state index in [1.54, 1.807) is 0 Å². The second kappa shape index (κ2) is 4.42. The highest BCUT2D eigenvalue weighted by molar-refractivity contribution is 6.33. The summed E-state index contributed by atoms with van der Waals surface area (Å²) in [5.41, 5.74) is 7.08. The van der Waals surface area contributed by atoms with Crippen LogP contribution in [0.4, 0.5) is 5.69 Å². The predicted octanol–water partition coefficient (Wildman–Crippen LogP) is 2.66. The molecular weight excluding hydrogens is 208 g/mol. The van der Waals surface area contributed by atoms with E-state index in [4.69, 9.17) is 17.3 Å². The molecule has 2 unspecified atom stereocenters. The van der Waals surface area contributed by atoms with E-state index in [9.17, 15) is 0 Å². The normalized spacial score (nSPS) is 26.7. The Kier molecular flexibility index (Phi) is 3.17. The van der Waals surface area contributed by atoms with E-state index in [0.29, 0.717) is 12.1 Å². The minimum atomic E-state index is 0.346. The Morgan fingerprint density at radius 1 is 1.40 bits per heavy atom. The van der Waals surface area contributed by atoms with Gasteiger partial charge in [0.25, 0.3) is 0 Å². The molecule has 0 aliphatic carbocycles. The second-order valence-corrected chi connectivity index (χ2v) is 4.69. The van der Waals surface area contributed by atoms with E-state index in [2.05, 4.69) is 17.9 Å². The number of nitrogens with two attached hydrogens (primary N) is 1. The Labute approximate surface area is 96.0 Å². The molecular formula is C12H17ClN2.